The maximum atomic E-state index is 13.3. The first-order valence-corrected chi connectivity index (χ1v) is 11.6. The van der Waals surface area contributed by atoms with E-state index in [0.717, 1.165) is 38.5 Å². The zero-order valence-corrected chi connectivity index (χ0v) is 17.1. The summed E-state index contributed by atoms with van der Waals surface area (Å²) >= 11 is 0. The number of ether oxygens (including phenoxy) is 4. The van der Waals surface area contributed by atoms with Crippen LogP contribution in [-0.4, -0.2) is 44.3 Å². The number of Topliss-reactive ketones (excluding diaryl/α,β-unsaturated/α-hetero) is 1. The molecule has 6 fully saturated rings. The van der Waals surface area contributed by atoms with Gasteiger partial charge in [0.1, 0.15) is 5.78 Å². The minimum Gasteiger partial charge on any atom is -0.349 e. The van der Waals surface area contributed by atoms with E-state index >= 15 is 0 Å². The van der Waals surface area contributed by atoms with Gasteiger partial charge in [0.05, 0.1) is 31.8 Å². The van der Waals surface area contributed by atoms with Crippen molar-refractivity contribution >= 4 is 5.78 Å². The van der Waals surface area contributed by atoms with Crippen LogP contribution in [0.4, 0.5) is 0 Å². The number of carbonyl (C=O) groups excluding carboxylic acids is 1. The van der Waals surface area contributed by atoms with E-state index in [1.165, 1.54) is 19.3 Å². The molecule has 2 saturated heterocycles. The largest absolute Gasteiger partial charge is 0.349 e. The zero-order valence-electron chi connectivity index (χ0n) is 17.1. The van der Waals surface area contributed by atoms with Crippen LogP contribution in [0.25, 0.3) is 0 Å². The fourth-order valence-corrected chi connectivity index (χ4v) is 8.78. The van der Waals surface area contributed by atoms with Gasteiger partial charge in [0.25, 0.3) is 0 Å². The molecule has 6 aliphatic rings. The average Bonchev–Trinajstić information content (AvgIpc) is 2.86. The summed E-state index contributed by atoms with van der Waals surface area (Å²) in [4.78, 5) is 13.3. The average molecular weight is 391 g/mol. The van der Waals surface area contributed by atoms with Crippen molar-refractivity contribution in [1.29, 1.82) is 0 Å². The van der Waals surface area contributed by atoms with E-state index in [-0.39, 0.29) is 17.1 Å². The molecule has 6 rings (SSSR count). The first-order chi connectivity index (χ1) is 13.6. The SMILES string of the molecule is C[C@]12CCCCC1C(=O)C[C@@H]1[C@@H]2CC[C@]23C4OCCOC2(CC[C@@H]13)OCCO4. The topological polar surface area (TPSA) is 54.0 Å². The molecule has 0 aromatic heterocycles. The Morgan fingerprint density at radius 3 is 2.39 bits per heavy atom. The molecule has 156 valence electrons. The number of carbonyl (C=O) groups is 1. The zero-order chi connectivity index (χ0) is 19.0. The molecule has 5 nitrogen and oxygen atoms in total. The molecule has 2 bridgehead atoms. The normalized spacial score (nSPS) is 55.9. The van der Waals surface area contributed by atoms with Crippen molar-refractivity contribution in [3.8, 4) is 0 Å². The Balaban J connectivity index is 1.43. The molecule has 4 aliphatic carbocycles. The van der Waals surface area contributed by atoms with E-state index in [9.17, 15) is 4.79 Å². The van der Waals surface area contributed by atoms with Crippen LogP contribution in [-0.2, 0) is 23.7 Å². The lowest BCUT2D eigenvalue weighted by Gasteiger charge is -2.61. The maximum Gasteiger partial charge on any atom is 0.179 e. The second-order valence-electron chi connectivity index (χ2n) is 10.5. The van der Waals surface area contributed by atoms with Gasteiger partial charge in [0.15, 0.2) is 12.1 Å². The summed E-state index contributed by atoms with van der Waals surface area (Å²) in [6.07, 6.45) is 9.52. The summed E-state index contributed by atoms with van der Waals surface area (Å²) in [5.74, 6) is 1.72. The number of rotatable bonds is 0. The summed E-state index contributed by atoms with van der Waals surface area (Å²) in [6, 6.07) is 0. The summed E-state index contributed by atoms with van der Waals surface area (Å²) in [5, 5.41) is 0. The quantitative estimate of drug-likeness (QED) is 0.631. The van der Waals surface area contributed by atoms with Crippen LogP contribution >= 0.6 is 0 Å². The fourth-order valence-electron chi connectivity index (χ4n) is 8.78. The fraction of sp³-hybridized carbons (Fsp3) is 0.957. The number of fused-ring (bicyclic) bond motifs is 4. The van der Waals surface area contributed by atoms with Crippen LogP contribution in [0.15, 0.2) is 0 Å². The Kier molecular flexibility index (Phi) is 4.09. The molecule has 2 heterocycles. The lowest BCUT2D eigenvalue weighted by Crippen LogP contribution is -2.63. The Labute approximate surface area is 167 Å². The molecule has 0 aromatic rings. The molecular weight excluding hydrogens is 356 g/mol. The summed E-state index contributed by atoms with van der Waals surface area (Å²) in [7, 11) is 0. The maximum absolute atomic E-state index is 13.3. The van der Waals surface area contributed by atoms with Crippen LogP contribution < -0.4 is 0 Å². The van der Waals surface area contributed by atoms with E-state index in [4.69, 9.17) is 18.9 Å². The van der Waals surface area contributed by atoms with Gasteiger partial charge in [-0.05, 0) is 55.3 Å². The van der Waals surface area contributed by atoms with Crippen LogP contribution in [0.3, 0.4) is 0 Å². The molecule has 0 amide bonds. The van der Waals surface area contributed by atoms with Gasteiger partial charge in [-0.15, -0.1) is 0 Å². The molecule has 6 atom stereocenters. The highest BCUT2D eigenvalue weighted by molar-refractivity contribution is 5.83. The van der Waals surface area contributed by atoms with Gasteiger partial charge in [-0.25, -0.2) is 0 Å². The lowest BCUT2D eigenvalue weighted by molar-refractivity contribution is -0.318. The predicted molar refractivity (Wildman–Crippen MR) is 101 cm³/mol. The van der Waals surface area contributed by atoms with Gasteiger partial charge < -0.3 is 18.9 Å². The first kappa shape index (κ1) is 18.3. The van der Waals surface area contributed by atoms with Gasteiger partial charge >= 0.3 is 0 Å². The Morgan fingerprint density at radius 2 is 1.61 bits per heavy atom. The third-order valence-electron chi connectivity index (χ3n) is 9.78. The smallest absolute Gasteiger partial charge is 0.179 e. The van der Waals surface area contributed by atoms with E-state index in [2.05, 4.69) is 6.92 Å². The van der Waals surface area contributed by atoms with Crippen LogP contribution in [0, 0.1) is 34.5 Å². The third-order valence-corrected chi connectivity index (χ3v) is 9.78. The summed E-state index contributed by atoms with van der Waals surface area (Å²) < 4.78 is 25.4. The highest BCUT2D eigenvalue weighted by atomic mass is 16.8. The first-order valence-electron chi connectivity index (χ1n) is 11.6. The van der Waals surface area contributed by atoms with Crippen LogP contribution in [0.5, 0.6) is 0 Å². The minimum absolute atomic E-state index is 0.189. The highest BCUT2D eigenvalue weighted by Gasteiger charge is 2.73. The summed E-state index contributed by atoms with van der Waals surface area (Å²) in [6.45, 7) is 4.71. The molecule has 1 spiro atoms. The van der Waals surface area contributed by atoms with Gasteiger partial charge in [-0.2, -0.15) is 0 Å². The van der Waals surface area contributed by atoms with E-state index in [0.29, 0.717) is 55.9 Å². The Hall–Kier alpha value is -0.490. The Bertz CT molecular complexity index is 651. The number of ketones is 1. The summed E-state index contributed by atoms with van der Waals surface area (Å²) in [5.41, 5.74) is -0.0613. The van der Waals surface area contributed by atoms with Gasteiger partial charge in [0.2, 0.25) is 0 Å². The second-order valence-corrected chi connectivity index (χ2v) is 10.5. The van der Waals surface area contributed by atoms with Gasteiger partial charge in [-0.3, -0.25) is 4.79 Å². The molecule has 5 heteroatoms. The molecule has 0 aromatic carbocycles. The molecule has 0 radical (unpaired) electrons. The predicted octanol–water partition coefficient (Wildman–Crippen LogP) is 3.69. The van der Waals surface area contributed by atoms with Gasteiger partial charge in [0, 0.05) is 18.8 Å². The van der Waals surface area contributed by atoms with E-state index < -0.39 is 5.79 Å². The van der Waals surface area contributed by atoms with Crippen molar-refractivity contribution < 1.29 is 23.7 Å². The van der Waals surface area contributed by atoms with Gasteiger partial charge in [-0.1, -0.05) is 19.8 Å². The molecule has 1 unspecified atom stereocenters. The van der Waals surface area contributed by atoms with Crippen LogP contribution in [0.1, 0.15) is 64.7 Å². The van der Waals surface area contributed by atoms with E-state index in [1.807, 2.05) is 0 Å². The minimum atomic E-state index is -0.576. The van der Waals surface area contributed by atoms with Crippen molar-refractivity contribution in [3.05, 3.63) is 0 Å². The van der Waals surface area contributed by atoms with Crippen molar-refractivity contribution in [2.75, 3.05) is 26.4 Å². The van der Waals surface area contributed by atoms with Crippen molar-refractivity contribution in [2.45, 2.75) is 76.8 Å². The molecular formula is C23H34O5. The van der Waals surface area contributed by atoms with E-state index in [1.54, 1.807) is 0 Å². The highest BCUT2D eigenvalue weighted by Crippen LogP contribution is 2.70. The third kappa shape index (κ3) is 2.15. The number of hydrogen-bond acceptors (Lipinski definition) is 5. The monoisotopic (exact) mass is 390 g/mol. The van der Waals surface area contributed by atoms with Crippen molar-refractivity contribution in [3.63, 3.8) is 0 Å². The van der Waals surface area contributed by atoms with Crippen LogP contribution in [0.2, 0.25) is 0 Å². The van der Waals surface area contributed by atoms with Crippen molar-refractivity contribution in [2.24, 2.45) is 34.5 Å². The molecule has 2 aliphatic heterocycles. The standard InChI is InChI=1S/C23H34O5/c1-21-7-3-2-4-18(21)19(24)14-15-16(21)5-8-22-17(15)6-9-23(22)27-12-10-25-20(22)26-11-13-28-23/h15-18,20H,2-14H2,1H3/t15-,16+,17+,18?,20?,21-,22+,23?/m1/s1. The molecule has 0 N–H and O–H groups in total. The van der Waals surface area contributed by atoms with Crippen molar-refractivity contribution in [1.82, 2.24) is 0 Å². The second kappa shape index (κ2) is 6.26. The Morgan fingerprint density at radius 1 is 0.857 bits per heavy atom. The molecule has 28 heavy (non-hydrogen) atoms. The number of hydrogen-bond donors (Lipinski definition) is 0. The lowest BCUT2D eigenvalue weighted by atomic mass is 9.44. The molecule has 4 saturated carbocycles.